The third kappa shape index (κ3) is 10.1. The Kier molecular flexibility index (Phi) is 15.0. The quantitative estimate of drug-likeness (QED) is 0.0325. The zero-order chi connectivity index (χ0) is 40.2. The number of hydrogen-bond acceptors (Lipinski definition) is 13. The van der Waals surface area contributed by atoms with Crippen molar-refractivity contribution in [2.45, 2.75) is 39.2 Å². The molecular weight excluding hydrogens is 793 g/mol. The van der Waals surface area contributed by atoms with E-state index < -0.39 is 22.3 Å². The monoisotopic (exact) mass is 831 g/mol. The van der Waals surface area contributed by atoms with Crippen molar-refractivity contribution < 1.29 is 38.1 Å². The van der Waals surface area contributed by atoms with Crippen LogP contribution in [0.2, 0.25) is 15.1 Å². The van der Waals surface area contributed by atoms with Crippen molar-refractivity contribution in [3.8, 4) is 16.9 Å². The maximum atomic E-state index is 14.0. The highest BCUT2D eigenvalue weighted by atomic mass is 35.5. The number of nitro benzene ring substituents is 1. The van der Waals surface area contributed by atoms with Crippen LogP contribution in [0.3, 0.4) is 0 Å². The Morgan fingerprint density at radius 3 is 2.21 bits per heavy atom. The molecule has 0 saturated heterocycles. The fourth-order valence-corrected chi connectivity index (χ4v) is 6.46. The predicted molar refractivity (Wildman–Crippen MR) is 210 cm³/mol. The van der Waals surface area contributed by atoms with Gasteiger partial charge in [-0.2, -0.15) is 5.10 Å². The number of nitrogens with one attached hydrogen (secondary N) is 2. The van der Waals surface area contributed by atoms with Gasteiger partial charge in [-0.15, -0.1) is 0 Å². The molecule has 0 fully saturated rings. The van der Waals surface area contributed by atoms with E-state index in [1.165, 1.54) is 12.1 Å². The van der Waals surface area contributed by atoms with E-state index in [1.54, 1.807) is 55.8 Å². The number of rotatable bonds is 21. The number of benzene rings is 3. The summed E-state index contributed by atoms with van der Waals surface area (Å²) in [4.78, 5) is 38.1. The summed E-state index contributed by atoms with van der Waals surface area (Å²) in [7, 11) is 0. The molecule has 2 heterocycles. The molecule has 3 aromatic carbocycles. The second kappa shape index (κ2) is 19.8. The first-order chi connectivity index (χ1) is 27.0. The van der Waals surface area contributed by atoms with Crippen molar-refractivity contribution in [2.24, 2.45) is 0 Å². The summed E-state index contributed by atoms with van der Waals surface area (Å²) in [6, 6.07) is 14.9. The maximum Gasteiger partial charge on any atom is 0.331 e. The Morgan fingerprint density at radius 1 is 0.893 bits per heavy atom. The number of aromatic nitrogens is 4. The van der Waals surface area contributed by atoms with Gasteiger partial charge in [0.1, 0.15) is 5.54 Å². The van der Waals surface area contributed by atoms with Crippen LogP contribution < -0.4 is 10.6 Å². The van der Waals surface area contributed by atoms with Crippen LogP contribution in [0.4, 0.5) is 11.4 Å². The smallest absolute Gasteiger partial charge is 0.331 e. The average Bonchev–Trinajstić information content (AvgIpc) is 3.80. The number of non-ortho nitro benzene ring substituents is 1. The van der Waals surface area contributed by atoms with Crippen LogP contribution >= 0.6 is 34.8 Å². The molecule has 298 valence electrons. The topological polar surface area (TPSA) is 195 Å². The molecule has 2 aromatic heterocycles. The van der Waals surface area contributed by atoms with Crippen molar-refractivity contribution in [2.75, 3.05) is 58.1 Å². The van der Waals surface area contributed by atoms with Crippen molar-refractivity contribution in [3.63, 3.8) is 0 Å². The molecule has 1 atom stereocenters. The van der Waals surface area contributed by atoms with E-state index in [2.05, 4.69) is 30.7 Å². The largest absolute Gasteiger partial charge is 0.464 e. The Hall–Kier alpha value is -4.84. The van der Waals surface area contributed by atoms with E-state index in [-0.39, 0.29) is 61.7 Å². The van der Waals surface area contributed by atoms with Gasteiger partial charge in [0.05, 0.1) is 66.7 Å². The van der Waals surface area contributed by atoms with Gasteiger partial charge >= 0.3 is 11.7 Å². The summed E-state index contributed by atoms with van der Waals surface area (Å²) in [6.07, 6.45) is 0.351. The maximum absolute atomic E-state index is 14.0. The molecule has 0 spiro atoms. The van der Waals surface area contributed by atoms with E-state index in [0.29, 0.717) is 64.1 Å². The Morgan fingerprint density at radius 2 is 1.55 bits per heavy atom. The minimum absolute atomic E-state index is 0.0618. The van der Waals surface area contributed by atoms with Gasteiger partial charge in [-0.05, 0) is 67.0 Å². The standard InChI is InChI=1S/C37H40Cl3N7O9/c1-4-37(36(49)55-5-2,14-16-52-18-20-54-21-19-53-17-15-41-28-11-13-30(47(50)51)33-32(28)44-56-45-33)42-35(48)31-23(3)34(24-6-8-25(38)9-7-24)46(43-31)29-12-10-26(39)22-27(29)40/h6-13,22,41H,4-5,14-21H2,1-3H3,(H,42,48). The molecule has 56 heavy (non-hydrogen) atoms. The first-order valence-corrected chi connectivity index (χ1v) is 18.8. The molecule has 0 aliphatic carbocycles. The van der Waals surface area contributed by atoms with Gasteiger partial charge < -0.3 is 29.6 Å². The van der Waals surface area contributed by atoms with E-state index >= 15 is 0 Å². The first-order valence-electron chi connectivity index (χ1n) is 17.7. The number of carbonyl (C=O) groups excluding carboxylic acids is 2. The molecule has 0 bridgehead atoms. The van der Waals surface area contributed by atoms with Crippen LogP contribution in [0.15, 0.2) is 59.2 Å². The molecule has 16 nitrogen and oxygen atoms in total. The first kappa shape index (κ1) is 42.3. The lowest BCUT2D eigenvalue weighted by Gasteiger charge is -2.31. The molecule has 2 N–H and O–H groups in total. The highest BCUT2D eigenvalue weighted by molar-refractivity contribution is 6.35. The number of anilines is 1. The van der Waals surface area contributed by atoms with Gasteiger partial charge in [-0.1, -0.05) is 53.9 Å². The molecule has 0 aliphatic rings. The average molecular weight is 833 g/mol. The van der Waals surface area contributed by atoms with E-state index in [0.717, 1.165) is 5.56 Å². The number of hydrogen-bond donors (Lipinski definition) is 2. The highest BCUT2D eigenvalue weighted by Gasteiger charge is 2.41. The van der Waals surface area contributed by atoms with E-state index in [9.17, 15) is 19.7 Å². The number of nitrogens with zero attached hydrogens (tertiary/aromatic N) is 5. The van der Waals surface area contributed by atoms with Crippen LogP contribution in [0.25, 0.3) is 28.0 Å². The third-order valence-corrected chi connectivity index (χ3v) is 9.58. The zero-order valence-electron chi connectivity index (χ0n) is 30.8. The molecule has 0 saturated carbocycles. The zero-order valence-corrected chi connectivity index (χ0v) is 33.1. The fourth-order valence-electron chi connectivity index (χ4n) is 5.85. The molecule has 1 amide bonds. The Labute approximate surface area is 336 Å². The van der Waals surface area contributed by atoms with Gasteiger partial charge in [0, 0.05) is 46.8 Å². The van der Waals surface area contributed by atoms with Crippen molar-refractivity contribution in [1.82, 2.24) is 25.4 Å². The van der Waals surface area contributed by atoms with E-state index in [4.69, 9.17) is 53.8 Å². The number of ether oxygens (including phenoxy) is 4. The van der Waals surface area contributed by atoms with Crippen molar-refractivity contribution in [3.05, 3.63) is 91.0 Å². The van der Waals surface area contributed by atoms with Crippen LogP contribution in [-0.2, 0) is 23.7 Å². The molecule has 1 unspecified atom stereocenters. The molecule has 19 heteroatoms. The Balaban J connectivity index is 1.13. The second-order valence-corrected chi connectivity index (χ2v) is 13.6. The van der Waals surface area contributed by atoms with Crippen LogP contribution in [-0.4, -0.2) is 95.2 Å². The summed E-state index contributed by atoms with van der Waals surface area (Å²) in [5.41, 5.74) is 1.74. The van der Waals surface area contributed by atoms with Gasteiger partial charge in [-0.3, -0.25) is 14.9 Å². The summed E-state index contributed by atoms with van der Waals surface area (Å²) in [5, 5.41) is 30.5. The fraction of sp³-hybridized carbons (Fsp3) is 0.378. The number of esters is 1. The Bertz CT molecular complexity index is 2150. The number of halogens is 3. The third-order valence-electron chi connectivity index (χ3n) is 8.79. The van der Waals surface area contributed by atoms with Gasteiger partial charge in [-0.25, -0.2) is 14.1 Å². The molecule has 5 aromatic rings. The van der Waals surface area contributed by atoms with Gasteiger partial charge in [0.15, 0.2) is 11.2 Å². The van der Waals surface area contributed by atoms with Gasteiger partial charge in [0.25, 0.3) is 5.91 Å². The summed E-state index contributed by atoms with van der Waals surface area (Å²) in [5.74, 6) is -1.17. The van der Waals surface area contributed by atoms with Gasteiger partial charge in [0.2, 0.25) is 5.52 Å². The molecule has 5 rings (SSSR count). The summed E-state index contributed by atoms with van der Waals surface area (Å²) < 4.78 is 28.7. The lowest BCUT2D eigenvalue weighted by atomic mass is 9.91. The number of fused-ring (bicyclic) bond motifs is 1. The summed E-state index contributed by atoms with van der Waals surface area (Å²) in [6.45, 7) is 7.35. The number of carbonyl (C=O) groups is 2. The second-order valence-electron chi connectivity index (χ2n) is 12.3. The summed E-state index contributed by atoms with van der Waals surface area (Å²) >= 11 is 18.9. The molecular formula is C37H40Cl3N7O9. The minimum atomic E-state index is -1.41. The molecule has 0 radical (unpaired) electrons. The highest BCUT2D eigenvalue weighted by Crippen LogP contribution is 2.34. The van der Waals surface area contributed by atoms with E-state index in [1.807, 2.05) is 12.1 Å². The lowest BCUT2D eigenvalue weighted by Crippen LogP contribution is -2.55. The number of amides is 1. The predicted octanol–water partition coefficient (Wildman–Crippen LogP) is 7.25. The van der Waals surface area contributed by atoms with Crippen LogP contribution in [0.5, 0.6) is 0 Å². The van der Waals surface area contributed by atoms with Crippen LogP contribution in [0.1, 0.15) is 42.7 Å². The molecule has 0 aliphatic heterocycles. The number of nitro groups is 1. The van der Waals surface area contributed by atoms with Crippen molar-refractivity contribution >= 4 is 69.1 Å². The lowest BCUT2D eigenvalue weighted by molar-refractivity contribution is -0.383. The van der Waals surface area contributed by atoms with Crippen LogP contribution in [0, 0.1) is 17.0 Å². The van der Waals surface area contributed by atoms with Crippen molar-refractivity contribution in [1.29, 1.82) is 0 Å². The minimum Gasteiger partial charge on any atom is -0.464 e. The normalized spacial score (nSPS) is 12.4. The SMILES string of the molecule is CCOC(=O)C(CC)(CCOCCOCCOCCNc1ccc([N+](=O)[O-])c2nonc12)NC(=O)c1nn(-c2ccc(Cl)cc2Cl)c(-c2ccc(Cl)cc2)c1C.